The highest BCUT2D eigenvalue weighted by atomic mass is 14.2. The Kier molecular flexibility index (Phi) is 11.6. The van der Waals surface area contributed by atoms with Crippen LogP contribution in [0.3, 0.4) is 0 Å². The van der Waals surface area contributed by atoms with Gasteiger partial charge in [0.15, 0.2) is 0 Å². The fraction of sp³-hybridized carbons (Fsp3) is 0.950. The lowest BCUT2D eigenvalue weighted by atomic mass is 9.84. The van der Waals surface area contributed by atoms with Crippen LogP contribution < -0.4 is 0 Å². The van der Waals surface area contributed by atoms with Crippen molar-refractivity contribution < 1.29 is 0 Å². The molecule has 0 rings (SSSR count). The average Bonchev–Trinajstić information content (AvgIpc) is 2.34. The van der Waals surface area contributed by atoms with Crippen molar-refractivity contribution in [3.05, 3.63) is 6.92 Å². The first-order valence-electron chi connectivity index (χ1n) is 9.16. The van der Waals surface area contributed by atoms with Gasteiger partial charge >= 0.3 is 0 Å². The highest BCUT2D eigenvalue weighted by Crippen LogP contribution is 2.26. The van der Waals surface area contributed by atoms with Crippen molar-refractivity contribution in [2.24, 2.45) is 29.6 Å². The second-order valence-electron chi connectivity index (χ2n) is 8.07. The zero-order valence-corrected chi connectivity index (χ0v) is 15.3. The van der Waals surface area contributed by atoms with E-state index in [4.69, 9.17) is 0 Å². The third-order valence-corrected chi connectivity index (χ3v) is 4.75. The third-order valence-electron chi connectivity index (χ3n) is 4.75. The molecule has 0 heteroatoms. The molecule has 0 spiro atoms. The van der Waals surface area contributed by atoms with Crippen LogP contribution in [-0.2, 0) is 0 Å². The largest absolute Gasteiger partial charge is 0.0628 e. The van der Waals surface area contributed by atoms with E-state index >= 15 is 0 Å². The van der Waals surface area contributed by atoms with Crippen LogP contribution in [0.5, 0.6) is 0 Å². The standard InChI is InChI=1S/C20H41/c1-16(2)10-8-12-18(5)14-15-20(7)19(6)13-9-11-17(3)4/h16-20H,7-15H2,1-6H3. The lowest BCUT2D eigenvalue weighted by Crippen LogP contribution is -2.10. The second-order valence-corrected chi connectivity index (χ2v) is 8.07. The molecule has 3 atom stereocenters. The van der Waals surface area contributed by atoms with Gasteiger partial charge in [-0.25, -0.2) is 0 Å². The highest BCUT2D eigenvalue weighted by Gasteiger charge is 2.14. The van der Waals surface area contributed by atoms with E-state index < -0.39 is 0 Å². The molecule has 0 aromatic rings. The summed E-state index contributed by atoms with van der Waals surface area (Å²) in [4.78, 5) is 0. The molecule has 0 aliphatic heterocycles. The SMILES string of the molecule is [CH2]C(CCC(C)CCCC(C)C)C(C)CCCC(C)C. The van der Waals surface area contributed by atoms with Gasteiger partial charge in [-0.1, -0.05) is 86.5 Å². The van der Waals surface area contributed by atoms with E-state index in [9.17, 15) is 0 Å². The normalized spacial score (nSPS) is 16.6. The first-order valence-corrected chi connectivity index (χ1v) is 9.16. The molecule has 1 radical (unpaired) electrons. The fourth-order valence-corrected chi connectivity index (χ4v) is 2.89. The summed E-state index contributed by atoms with van der Waals surface area (Å²) in [5.74, 6) is 4.07. The fourth-order valence-electron chi connectivity index (χ4n) is 2.89. The maximum atomic E-state index is 4.42. The Morgan fingerprint density at radius 3 is 1.60 bits per heavy atom. The van der Waals surface area contributed by atoms with Gasteiger partial charge in [0.1, 0.15) is 0 Å². The van der Waals surface area contributed by atoms with E-state index in [1.54, 1.807) is 0 Å². The lowest BCUT2D eigenvalue weighted by Gasteiger charge is -2.22. The van der Waals surface area contributed by atoms with Gasteiger partial charge in [-0.05, 0) is 42.9 Å². The first-order chi connectivity index (χ1) is 9.32. The first kappa shape index (κ1) is 20.0. The van der Waals surface area contributed by atoms with Gasteiger partial charge < -0.3 is 0 Å². The maximum Gasteiger partial charge on any atom is -0.0388 e. The molecule has 121 valence electrons. The van der Waals surface area contributed by atoms with Crippen molar-refractivity contribution >= 4 is 0 Å². The van der Waals surface area contributed by atoms with Gasteiger partial charge in [0, 0.05) is 0 Å². The molecule has 3 unspecified atom stereocenters. The summed E-state index contributed by atoms with van der Waals surface area (Å²) in [5, 5.41) is 0. The molecular weight excluding hydrogens is 240 g/mol. The van der Waals surface area contributed by atoms with Crippen LogP contribution in [0.1, 0.15) is 92.9 Å². The van der Waals surface area contributed by atoms with Crippen LogP contribution in [-0.4, -0.2) is 0 Å². The van der Waals surface area contributed by atoms with E-state index in [1.165, 1.54) is 51.4 Å². The molecule has 0 aromatic carbocycles. The number of hydrogen-bond acceptors (Lipinski definition) is 0. The van der Waals surface area contributed by atoms with Gasteiger partial charge in [-0.3, -0.25) is 0 Å². The molecule has 0 bridgehead atoms. The maximum absolute atomic E-state index is 4.42. The van der Waals surface area contributed by atoms with Gasteiger partial charge in [-0.15, -0.1) is 0 Å². The Morgan fingerprint density at radius 1 is 0.600 bits per heavy atom. The van der Waals surface area contributed by atoms with E-state index in [2.05, 4.69) is 48.5 Å². The van der Waals surface area contributed by atoms with Crippen LogP contribution in [0, 0.1) is 36.5 Å². The summed E-state index contributed by atoms with van der Waals surface area (Å²) in [7, 11) is 0. The molecule has 0 fully saturated rings. The highest BCUT2D eigenvalue weighted by molar-refractivity contribution is 4.70. The van der Waals surface area contributed by atoms with E-state index in [-0.39, 0.29) is 0 Å². The van der Waals surface area contributed by atoms with Crippen molar-refractivity contribution in [1.29, 1.82) is 0 Å². The van der Waals surface area contributed by atoms with E-state index in [1.807, 2.05) is 0 Å². The Balaban J connectivity index is 3.65. The Hall–Kier alpha value is 0. The summed E-state index contributed by atoms with van der Waals surface area (Å²) in [5.41, 5.74) is 0. The minimum absolute atomic E-state index is 0.662. The summed E-state index contributed by atoms with van der Waals surface area (Å²) in [6.45, 7) is 18.6. The minimum atomic E-state index is 0.662. The van der Waals surface area contributed by atoms with Gasteiger partial charge in [0.05, 0.1) is 0 Å². The van der Waals surface area contributed by atoms with Crippen molar-refractivity contribution in [1.82, 2.24) is 0 Å². The van der Waals surface area contributed by atoms with Crippen LogP contribution in [0.2, 0.25) is 0 Å². The lowest BCUT2D eigenvalue weighted by molar-refractivity contribution is 0.321. The minimum Gasteiger partial charge on any atom is -0.0628 e. The number of rotatable bonds is 12. The molecule has 20 heavy (non-hydrogen) atoms. The third kappa shape index (κ3) is 11.8. The molecule has 0 saturated heterocycles. The smallest absolute Gasteiger partial charge is 0.0388 e. The summed E-state index contributed by atoms with van der Waals surface area (Å²) in [6.07, 6.45) is 11.0. The van der Waals surface area contributed by atoms with Crippen LogP contribution >= 0.6 is 0 Å². The zero-order chi connectivity index (χ0) is 15.5. The molecule has 0 aliphatic rings. The second kappa shape index (κ2) is 11.6. The van der Waals surface area contributed by atoms with Crippen LogP contribution in [0.25, 0.3) is 0 Å². The van der Waals surface area contributed by atoms with Gasteiger partial charge in [0.25, 0.3) is 0 Å². The Labute approximate surface area is 130 Å². The van der Waals surface area contributed by atoms with Gasteiger partial charge in [-0.2, -0.15) is 0 Å². The van der Waals surface area contributed by atoms with E-state index in [0.717, 1.165) is 23.7 Å². The summed E-state index contributed by atoms with van der Waals surface area (Å²) < 4.78 is 0. The average molecular weight is 282 g/mol. The topological polar surface area (TPSA) is 0 Å². The molecular formula is C20H41. The van der Waals surface area contributed by atoms with Gasteiger partial charge in [0.2, 0.25) is 0 Å². The summed E-state index contributed by atoms with van der Waals surface area (Å²) >= 11 is 0. The van der Waals surface area contributed by atoms with Crippen LogP contribution in [0.15, 0.2) is 0 Å². The molecule has 0 amide bonds. The Morgan fingerprint density at radius 2 is 1.10 bits per heavy atom. The summed E-state index contributed by atoms with van der Waals surface area (Å²) in [6, 6.07) is 0. The van der Waals surface area contributed by atoms with Crippen molar-refractivity contribution in [2.45, 2.75) is 92.9 Å². The molecule has 0 nitrogen and oxygen atoms in total. The van der Waals surface area contributed by atoms with E-state index in [0.29, 0.717) is 5.92 Å². The van der Waals surface area contributed by atoms with Crippen molar-refractivity contribution in [3.63, 3.8) is 0 Å². The zero-order valence-electron chi connectivity index (χ0n) is 15.3. The quantitative estimate of drug-likeness (QED) is 0.356. The molecule has 0 heterocycles. The monoisotopic (exact) mass is 281 g/mol. The number of hydrogen-bond donors (Lipinski definition) is 0. The predicted octanol–water partition coefficient (Wildman–Crippen LogP) is 7.14. The van der Waals surface area contributed by atoms with Crippen molar-refractivity contribution in [2.75, 3.05) is 0 Å². The van der Waals surface area contributed by atoms with Crippen molar-refractivity contribution in [3.8, 4) is 0 Å². The Bertz CT molecular complexity index is 204. The molecule has 0 aliphatic carbocycles. The molecule has 0 N–H and O–H groups in total. The predicted molar refractivity (Wildman–Crippen MR) is 93.8 cm³/mol. The van der Waals surface area contributed by atoms with Crippen LogP contribution in [0.4, 0.5) is 0 Å². The molecule has 0 aromatic heterocycles. The molecule has 0 saturated carbocycles.